The monoisotopic (exact) mass is 947 g/mol. The molecule has 0 radical (unpaired) electrons. The Morgan fingerprint density at radius 1 is 0.985 bits per heavy atom. The molecular formula is C52H62FN7O7S. The van der Waals surface area contributed by atoms with Gasteiger partial charge < -0.3 is 25.0 Å². The number of hydrogen-bond acceptors (Lipinski definition) is 11. The molecule has 0 bridgehead atoms. The summed E-state index contributed by atoms with van der Waals surface area (Å²) in [5.74, 6) is 0.170. The minimum absolute atomic E-state index is 0.0769. The van der Waals surface area contributed by atoms with E-state index in [1.54, 1.807) is 31.2 Å². The largest absolute Gasteiger partial charge is 0.454 e. The van der Waals surface area contributed by atoms with Gasteiger partial charge in [0.05, 0.1) is 32.1 Å². The third kappa shape index (κ3) is 9.30. The zero-order chi connectivity index (χ0) is 47.5. The second-order valence-electron chi connectivity index (χ2n) is 20.9. The highest BCUT2D eigenvalue weighted by atomic mass is 32.2. The number of rotatable bonds is 14. The number of aromatic amines is 1. The van der Waals surface area contributed by atoms with Crippen molar-refractivity contribution in [2.24, 2.45) is 11.3 Å². The van der Waals surface area contributed by atoms with Crippen LogP contribution < -0.4 is 19.7 Å². The molecule has 1 spiro atoms. The van der Waals surface area contributed by atoms with Crippen LogP contribution in [0.15, 0.2) is 77.8 Å². The molecule has 14 nitrogen and oxygen atoms in total. The molecule has 5 aliphatic rings. The van der Waals surface area contributed by atoms with Crippen molar-refractivity contribution >= 4 is 44.0 Å². The van der Waals surface area contributed by atoms with Gasteiger partial charge in [0.15, 0.2) is 0 Å². The lowest BCUT2D eigenvalue weighted by molar-refractivity contribution is -0.384. The summed E-state index contributed by atoms with van der Waals surface area (Å²) in [7, 11) is -4.63. The van der Waals surface area contributed by atoms with Crippen molar-refractivity contribution in [2.75, 3.05) is 42.9 Å². The Balaban J connectivity index is 0.874. The van der Waals surface area contributed by atoms with E-state index in [2.05, 4.69) is 62.9 Å². The zero-order valence-corrected chi connectivity index (χ0v) is 39.9. The fraction of sp³-hybridized carbons (Fsp3) is 0.500. The first-order valence-corrected chi connectivity index (χ1v) is 25.9. The number of pyridine rings is 1. The van der Waals surface area contributed by atoms with E-state index in [0.717, 1.165) is 76.5 Å². The van der Waals surface area contributed by atoms with Gasteiger partial charge in [0, 0.05) is 68.7 Å². The number of piperidine rings is 1. The summed E-state index contributed by atoms with van der Waals surface area (Å²) in [6.07, 6.45) is 11.4. The molecule has 3 saturated carbocycles. The lowest BCUT2D eigenvalue weighted by Gasteiger charge is -2.57. The molecule has 3 aliphatic carbocycles. The predicted molar refractivity (Wildman–Crippen MR) is 260 cm³/mol. The first-order chi connectivity index (χ1) is 32.6. The third-order valence-electron chi connectivity index (χ3n) is 15.7. The number of aliphatic hydroxyl groups is 1. The van der Waals surface area contributed by atoms with Gasteiger partial charge >= 0.3 is 0 Å². The van der Waals surface area contributed by atoms with Crippen LogP contribution >= 0.6 is 0 Å². The maximum Gasteiger partial charge on any atom is 0.293 e. The van der Waals surface area contributed by atoms with Crippen LogP contribution in [0.25, 0.3) is 11.0 Å². The van der Waals surface area contributed by atoms with Gasteiger partial charge in [-0.2, -0.15) is 0 Å². The fourth-order valence-electron chi connectivity index (χ4n) is 11.5. The number of amides is 1. The van der Waals surface area contributed by atoms with Crippen LogP contribution in [0.5, 0.6) is 11.5 Å². The molecule has 0 unspecified atom stereocenters. The SMILES string of the molecule is CC(C)c1ccccc1[C@H]1CCC[C@H]1N1CC2(CCN(c3ccc(C(=O)NS(=O)(=O)c4ccc(NC[C@H]5CC[C@](C)(O)CC5)c([N+](=O)[O-])c4)c(Oc4cc5c(F)c[nH]c5nc4C4CC4)c3)CC2)C1. The number of anilines is 2. The molecule has 3 aromatic carbocycles. The molecule has 16 heteroatoms. The lowest BCUT2D eigenvalue weighted by atomic mass is 9.70. The minimum atomic E-state index is -4.63. The van der Waals surface area contributed by atoms with E-state index in [0.29, 0.717) is 48.6 Å². The predicted octanol–water partition coefficient (Wildman–Crippen LogP) is 10.1. The molecule has 360 valence electrons. The van der Waals surface area contributed by atoms with Crippen molar-refractivity contribution in [2.45, 2.75) is 126 Å². The van der Waals surface area contributed by atoms with Gasteiger partial charge in [0.2, 0.25) is 0 Å². The summed E-state index contributed by atoms with van der Waals surface area (Å²) >= 11 is 0. The van der Waals surface area contributed by atoms with Crippen molar-refractivity contribution in [3.8, 4) is 11.5 Å². The molecule has 2 atom stereocenters. The van der Waals surface area contributed by atoms with Crippen molar-refractivity contribution in [3.63, 3.8) is 0 Å². The number of carbonyl (C=O) groups is 1. The van der Waals surface area contributed by atoms with E-state index in [1.807, 2.05) is 0 Å². The van der Waals surface area contributed by atoms with E-state index < -0.39 is 42.9 Å². The standard InChI is InChI=1S/C52H62FN7O7S/c1-32(2)37-7-4-5-8-38(37)39-9-6-10-44(39)59-30-52(31-59)21-23-58(24-22-52)35-13-15-40(46(25-35)67-47-27-41-42(53)29-55-49(41)56-48(47)34-11-12-34)50(61)57-68(65,66)36-14-16-43(45(26-36)60(63)64)54-28-33-17-19-51(3,62)20-18-33/h4-5,7-8,13-16,25-27,29,32-34,39,44,54,62H,6,9-12,17-24,28,30-31H2,1-3H3,(H,55,56)(H,57,61)/t33-,39-,44-,51-/m1/s1. The number of likely N-dealkylation sites (tertiary alicyclic amines) is 1. The molecule has 1 amide bonds. The number of fused-ring (bicyclic) bond motifs is 1. The quantitative estimate of drug-likeness (QED) is 0.0614. The van der Waals surface area contributed by atoms with E-state index in [1.165, 1.54) is 48.7 Å². The maximum absolute atomic E-state index is 15.0. The number of nitrogens with one attached hydrogen (secondary N) is 3. The van der Waals surface area contributed by atoms with Crippen LogP contribution in [0.1, 0.15) is 136 Å². The first kappa shape index (κ1) is 46.2. The highest BCUT2D eigenvalue weighted by Gasteiger charge is 2.49. The van der Waals surface area contributed by atoms with Crippen LogP contribution in [-0.4, -0.2) is 83.6 Å². The van der Waals surface area contributed by atoms with Crippen molar-refractivity contribution in [1.82, 2.24) is 19.6 Å². The van der Waals surface area contributed by atoms with E-state index in [-0.39, 0.29) is 45.4 Å². The lowest BCUT2D eigenvalue weighted by Crippen LogP contribution is -2.63. The summed E-state index contributed by atoms with van der Waals surface area (Å²) in [5, 5.41) is 25.9. The van der Waals surface area contributed by atoms with Crippen molar-refractivity contribution in [3.05, 3.63) is 111 Å². The molecule has 68 heavy (non-hydrogen) atoms. The number of H-pyrrole nitrogens is 1. The van der Waals surface area contributed by atoms with E-state index >= 15 is 0 Å². The number of hydrogen-bond donors (Lipinski definition) is 4. The second-order valence-corrected chi connectivity index (χ2v) is 22.6. The smallest absolute Gasteiger partial charge is 0.293 e. The minimum Gasteiger partial charge on any atom is -0.454 e. The Morgan fingerprint density at radius 2 is 1.74 bits per heavy atom. The Morgan fingerprint density at radius 3 is 2.46 bits per heavy atom. The van der Waals surface area contributed by atoms with Gasteiger partial charge in [-0.15, -0.1) is 0 Å². The zero-order valence-electron chi connectivity index (χ0n) is 39.1. The highest BCUT2D eigenvalue weighted by molar-refractivity contribution is 7.90. The Hall–Kier alpha value is -5.58. The van der Waals surface area contributed by atoms with E-state index in [4.69, 9.17) is 9.72 Å². The van der Waals surface area contributed by atoms with Crippen molar-refractivity contribution < 1.29 is 32.4 Å². The van der Waals surface area contributed by atoms with Gasteiger partial charge in [0.25, 0.3) is 21.6 Å². The molecule has 4 heterocycles. The Bertz CT molecular complexity index is 2840. The Labute approximate surface area is 397 Å². The molecule has 10 rings (SSSR count). The number of nitro groups is 1. The number of nitrogens with zero attached hydrogens (tertiary/aromatic N) is 4. The van der Waals surface area contributed by atoms with Gasteiger partial charge in [0.1, 0.15) is 28.7 Å². The molecule has 4 N–H and O–H groups in total. The Kier molecular flexibility index (Phi) is 12.3. The van der Waals surface area contributed by atoms with Gasteiger partial charge in [-0.1, -0.05) is 44.5 Å². The average Bonchev–Trinajstić information content (AvgIpc) is 3.93. The normalized spacial score (nSPS) is 24.0. The van der Waals surface area contributed by atoms with Crippen LogP contribution in [-0.2, 0) is 10.0 Å². The summed E-state index contributed by atoms with van der Waals surface area (Å²) in [5.41, 5.74) is 3.92. The van der Waals surface area contributed by atoms with Gasteiger partial charge in [-0.05, 0) is 136 Å². The maximum atomic E-state index is 15.0. The van der Waals surface area contributed by atoms with Crippen LogP contribution in [0.4, 0.5) is 21.5 Å². The summed E-state index contributed by atoms with van der Waals surface area (Å²) < 4.78 is 51.4. The number of benzene rings is 3. The fourth-order valence-corrected chi connectivity index (χ4v) is 12.5. The number of aromatic nitrogens is 2. The van der Waals surface area contributed by atoms with Crippen LogP contribution in [0.3, 0.4) is 0 Å². The van der Waals surface area contributed by atoms with Crippen LogP contribution in [0.2, 0.25) is 0 Å². The highest BCUT2D eigenvalue weighted by Crippen LogP contribution is 2.50. The number of halogens is 1. The van der Waals surface area contributed by atoms with Gasteiger partial charge in [-0.25, -0.2) is 22.5 Å². The first-order valence-electron chi connectivity index (χ1n) is 24.4. The summed E-state index contributed by atoms with van der Waals surface area (Å²) in [6.45, 7) is 10.5. The number of nitro benzene ring substituents is 1. The van der Waals surface area contributed by atoms with Gasteiger partial charge in [-0.3, -0.25) is 19.8 Å². The molecule has 5 aromatic rings. The van der Waals surface area contributed by atoms with E-state index in [9.17, 15) is 32.8 Å². The molecule has 5 fully saturated rings. The average molecular weight is 948 g/mol. The number of ether oxygens (including phenoxy) is 1. The molecular weight excluding hydrogens is 886 g/mol. The van der Waals surface area contributed by atoms with Crippen molar-refractivity contribution in [1.29, 1.82) is 0 Å². The third-order valence-corrected chi connectivity index (χ3v) is 17.0. The van der Waals surface area contributed by atoms with Crippen LogP contribution in [0, 0.1) is 27.3 Å². The molecule has 2 aliphatic heterocycles. The molecule has 2 saturated heterocycles. The topological polar surface area (TPSA) is 183 Å². The number of carbonyl (C=O) groups excluding carboxylic acids is 1. The second kappa shape index (κ2) is 18.1. The number of sulfonamides is 1. The summed E-state index contributed by atoms with van der Waals surface area (Å²) in [6, 6.07) is 19.7. The summed E-state index contributed by atoms with van der Waals surface area (Å²) in [4.78, 5) is 37.9. The molecule has 2 aromatic heterocycles.